The molecule has 5 nitrogen and oxygen atoms in total. The second-order valence-corrected chi connectivity index (χ2v) is 5.35. The molecule has 1 aromatic carbocycles. The average molecular weight is 290 g/mol. The minimum atomic E-state index is -0.516. The zero-order valence-electron chi connectivity index (χ0n) is 12.6. The van der Waals surface area contributed by atoms with Crippen LogP contribution in [0.4, 0.5) is 5.69 Å². The topological polar surface area (TPSA) is 67.4 Å². The summed E-state index contributed by atoms with van der Waals surface area (Å²) in [7, 11) is 1.33. The molecule has 21 heavy (non-hydrogen) atoms. The van der Waals surface area contributed by atoms with Crippen molar-refractivity contribution in [1.29, 1.82) is 0 Å². The number of carbonyl (C=O) groups excluding carboxylic acids is 2. The maximum Gasteiger partial charge on any atom is 0.339 e. The number of benzene rings is 1. The number of anilines is 1. The Labute approximate surface area is 125 Å². The van der Waals surface area contributed by atoms with E-state index in [4.69, 9.17) is 4.74 Å². The maximum absolute atomic E-state index is 12.7. The van der Waals surface area contributed by atoms with Crippen molar-refractivity contribution in [1.82, 2.24) is 5.32 Å². The van der Waals surface area contributed by atoms with Crippen molar-refractivity contribution in [2.24, 2.45) is 0 Å². The van der Waals surface area contributed by atoms with Gasteiger partial charge in [-0.05, 0) is 37.9 Å². The third kappa shape index (κ3) is 3.24. The third-order valence-corrected chi connectivity index (χ3v) is 3.94. The fourth-order valence-electron chi connectivity index (χ4n) is 2.88. The lowest BCUT2D eigenvalue weighted by atomic mass is 9.90. The fraction of sp³-hybridized carbons (Fsp3) is 0.500. The van der Waals surface area contributed by atoms with Gasteiger partial charge in [0, 0.05) is 0 Å². The number of para-hydroxylation sites is 1. The van der Waals surface area contributed by atoms with Gasteiger partial charge in [0.15, 0.2) is 0 Å². The second kappa shape index (κ2) is 6.72. The maximum atomic E-state index is 12.7. The highest BCUT2D eigenvalue weighted by Crippen LogP contribution is 2.27. The van der Waals surface area contributed by atoms with Gasteiger partial charge < -0.3 is 15.4 Å². The normalized spacial score (nSPS) is 21.0. The summed E-state index contributed by atoms with van der Waals surface area (Å²) in [6.45, 7) is 2.92. The summed E-state index contributed by atoms with van der Waals surface area (Å²) in [5.74, 6) is -0.520. The SMILES string of the molecule is CCCC1(C(=O)Nc2ccccc2C(=O)OC)CCCN1. The third-order valence-electron chi connectivity index (χ3n) is 3.94. The molecule has 1 atom stereocenters. The van der Waals surface area contributed by atoms with E-state index in [0.717, 1.165) is 32.2 Å². The van der Waals surface area contributed by atoms with Crippen LogP contribution >= 0.6 is 0 Å². The summed E-state index contributed by atoms with van der Waals surface area (Å²) in [6, 6.07) is 6.91. The molecule has 2 rings (SSSR count). The first-order chi connectivity index (χ1) is 10.1. The van der Waals surface area contributed by atoms with Gasteiger partial charge in [-0.2, -0.15) is 0 Å². The molecule has 0 saturated carbocycles. The largest absolute Gasteiger partial charge is 0.465 e. The minimum Gasteiger partial charge on any atom is -0.465 e. The summed E-state index contributed by atoms with van der Waals surface area (Å²) >= 11 is 0. The highest BCUT2D eigenvalue weighted by atomic mass is 16.5. The molecular weight excluding hydrogens is 268 g/mol. The van der Waals surface area contributed by atoms with Gasteiger partial charge in [0.2, 0.25) is 5.91 Å². The van der Waals surface area contributed by atoms with E-state index in [2.05, 4.69) is 17.6 Å². The van der Waals surface area contributed by atoms with Crippen molar-refractivity contribution < 1.29 is 14.3 Å². The molecule has 5 heteroatoms. The van der Waals surface area contributed by atoms with E-state index in [1.54, 1.807) is 24.3 Å². The lowest BCUT2D eigenvalue weighted by molar-refractivity contribution is -0.122. The molecular formula is C16H22N2O3. The molecule has 1 aliphatic heterocycles. The van der Waals surface area contributed by atoms with Crippen LogP contribution < -0.4 is 10.6 Å². The Bertz CT molecular complexity index is 522. The number of esters is 1. The lowest BCUT2D eigenvalue weighted by Crippen LogP contribution is -2.50. The number of rotatable bonds is 5. The molecule has 0 radical (unpaired) electrons. The first-order valence-electron chi connectivity index (χ1n) is 7.37. The zero-order valence-corrected chi connectivity index (χ0v) is 12.6. The van der Waals surface area contributed by atoms with Crippen LogP contribution in [0.2, 0.25) is 0 Å². The molecule has 114 valence electrons. The van der Waals surface area contributed by atoms with Crippen LogP contribution in [0.5, 0.6) is 0 Å². The van der Waals surface area contributed by atoms with Crippen molar-refractivity contribution in [2.45, 2.75) is 38.1 Å². The van der Waals surface area contributed by atoms with Crippen LogP contribution in [-0.2, 0) is 9.53 Å². The van der Waals surface area contributed by atoms with Crippen molar-refractivity contribution >= 4 is 17.6 Å². The molecule has 0 bridgehead atoms. The van der Waals surface area contributed by atoms with Crippen molar-refractivity contribution in [2.75, 3.05) is 19.0 Å². The van der Waals surface area contributed by atoms with Gasteiger partial charge in [-0.3, -0.25) is 4.79 Å². The molecule has 0 spiro atoms. The monoisotopic (exact) mass is 290 g/mol. The van der Waals surface area contributed by atoms with E-state index in [-0.39, 0.29) is 5.91 Å². The van der Waals surface area contributed by atoms with Crippen LogP contribution in [0.25, 0.3) is 0 Å². The van der Waals surface area contributed by atoms with E-state index >= 15 is 0 Å². The Morgan fingerprint density at radius 3 is 2.76 bits per heavy atom. The van der Waals surface area contributed by atoms with Crippen LogP contribution in [0, 0.1) is 0 Å². The van der Waals surface area contributed by atoms with Crippen molar-refractivity contribution in [3.05, 3.63) is 29.8 Å². The summed E-state index contributed by atoms with van der Waals surface area (Å²) < 4.78 is 4.75. The molecule has 1 heterocycles. The molecule has 1 aromatic rings. The Morgan fingerprint density at radius 2 is 2.14 bits per heavy atom. The summed E-state index contributed by atoms with van der Waals surface area (Å²) in [4.78, 5) is 24.4. The number of nitrogens with one attached hydrogen (secondary N) is 2. The van der Waals surface area contributed by atoms with Gasteiger partial charge in [0.25, 0.3) is 0 Å². The highest BCUT2D eigenvalue weighted by molar-refractivity contribution is 6.04. The molecule has 1 aliphatic rings. The number of hydrogen-bond donors (Lipinski definition) is 2. The molecule has 1 amide bonds. The Hall–Kier alpha value is -1.88. The lowest BCUT2D eigenvalue weighted by Gasteiger charge is -2.28. The van der Waals surface area contributed by atoms with Crippen LogP contribution in [0.15, 0.2) is 24.3 Å². The molecule has 0 aromatic heterocycles. The van der Waals surface area contributed by atoms with Crippen LogP contribution in [-0.4, -0.2) is 31.1 Å². The number of ether oxygens (including phenoxy) is 1. The molecule has 0 aliphatic carbocycles. The highest BCUT2D eigenvalue weighted by Gasteiger charge is 2.40. The van der Waals surface area contributed by atoms with Crippen LogP contribution in [0.1, 0.15) is 43.0 Å². The number of methoxy groups -OCH3 is 1. The molecule has 2 N–H and O–H groups in total. The first kappa shape index (κ1) is 15.5. The van der Waals surface area contributed by atoms with E-state index in [1.807, 2.05) is 0 Å². The molecule has 1 fully saturated rings. The van der Waals surface area contributed by atoms with Gasteiger partial charge in [-0.15, -0.1) is 0 Å². The quantitative estimate of drug-likeness (QED) is 0.817. The molecule has 1 unspecified atom stereocenters. The predicted molar refractivity (Wildman–Crippen MR) is 81.3 cm³/mol. The first-order valence-corrected chi connectivity index (χ1v) is 7.37. The van der Waals surface area contributed by atoms with Gasteiger partial charge >= 0.3 is 5.97 Å². The Balaban J connectivity index is 2.21. The van der Waals surface area contributed by atoms with Gasteiger partial charge in [0.05, 0.1) is 23.9 Å². The average Bonchev–Trinajstić information content (AvgIpc) is 2.97. The van der Waals surface area contributed by atoms with Gasteiger partial charge in [-0.1, -0.05) is 25.5 Å². The van der Waals surface area contributed by atoms with E-state index < -0.39 is 11.5 Å². The fourth-order valence-corrected chi connectivity index (χ4v) is 2.88. The van der Waals surface area contributed by atoms with Gasteiger partial charge in [-0.25, -0.2) is 4.79 Å². The summed E-state index contributed by atoms with van der Waals surface area (Å²) in [5, 5.41) is 6.22. The Morgan fingerprint density at radius 1 is 1.38 bits per heavy atom. The summed E-state index contributed by atoms with van der Waals surface area (Å²) in [5.41, 5.74) is 0.356. The second-order valence-electron chi connectivity index (χ2n) is 5.35. The number of hydrogen-bond acceptors (Lipinski definition) is 4. The Kier molecular flexibility index (Phi) is 4.96. The number of amides is 1. The smallest absolute Gasteiger partial charge is 0.339 e. The van der Waals surface area contributed by atoms with E-state index in [9.17, 15) is 9.59 Å². The predicted octanol–water partition coefficient (Wildman–Crippen LogP) is 2.33. The van der Waals surface area contributed by atoms with Crippen molar-refractivity contribution in [3.8, 4) is 0 Å². The minimum absolute atomic E-state index is 0.0711. The van der Waals surface area contributed by atoms with E-state index in [0.29, 0.717) is 11.3 Å². The van der Waals surface area contributed by atoms with Crippen LogP contribution in [0.3, 0.4) is 0 Å². The van der Waals surface area contributed by atoms with Gasteiger partial charge in [0.1, 0.15) is 0 Å². The summed E-state index contributed by atoms with van der Waals surface area (Å²) in [6.07, 6.45) is 3.54. The van der Waals surface area contributed by atoms with E-state index in [1.165, 1.54) is 7.11 Å². The standard InChI is InChI=1S/C16H22N2O3/c1-3-9-16(10-6-11-17-16)15(20)18-13-8-5-4-7-12(13)14(19)21-2/h4-5,7-8,17H,3,6,9-11H2,1-2H3,(H,18,20). The number of carbonyl (C=O) groups is 2. The van der Waals surface area contributed by atoms with Crippen molar-refractivity contribution in [3.63, 3.8) is 0 Å². The molecule has 1 saturated heterocycles. The zero-order chi connectivity index (χ0) is 15.3.